The third-order valence-corrected chi connectivity index (χ3v) is 3.07. The van der Waals surface area contributed by atoms with Crippen molar-refractivity contribution in [3.8, 4) is 0 Å². The van der Waals surface area contributed by atoms with Crippen molar-refractivity contribution in [1.29, 1.82) is 0 Å². The van der Waals surface area contributed by atoms with E-state index in [2.05, 4.69) is 12.2 Å². The molecule has 3 N–H and O–H groups in total. The lowest BCUT2D eigenvalue weighted by atomic mass is 9.83. The number of hydrogen-bond donors (Lipinski definition) is 2. The highest BCUT2D eigenvalue weighted by atomic mass is 16.5. The second-order valence-electron chi connectivity index (χ2n) is 4.67. The molecule has 0 saturated heterocycles. The van der Waals surface area contributed by atoms with E-state index in [1.807, 2.05) is 0 Å². The van der Waals surface area contributed by atoms with Crippen LogP contribution < -0.4 is 11.1 Å². The molecule has 15 heavy (non-hydrogen) atoms. The zero-order chi connectivity index (χ0) is 11.3. The molecule has 1 aliphatic carbocycles. The average molecular weight is 214 g/mol. The van der Waals surface area contributed by atoms with E-state index in [-0.39, 0.29) is 18.1 Å². The number of carbonyl (C=O) groups is 1. The summed E-state index contributed by atoms with van der Waals surface area (Å²) in [5.74, 6) is -0.0961. The number of nitrogens with two attached hydrogens (primary N) is 1. The van der Waals surface area contributed by atoms with Gasteiger partial charge in [0.1, 0.15) is 6.04 Å². The number of ether oxygens (including phenoxy) is 1. The fraction of sp³-hybridized carbons (Fsp3) is 0.909. The molecule has 1 atom stereocenters. The summed E-state index contributed by atoms with van der Waals surface area (Å²) in [5, 5.41) is 3.04. The maximum atomic E-state index is 11.7. The second kappa shape index (κ2) is 5.47. The van der Waals surface area contributed by atoms with Crippen molar-refractivity contribution < 1.29 is 9.53 Å². The molecule has 4 nitrogen and oxygen atoms in total. The van der Waals surface area contributed by atoms with Crippen LogP contribution in [-0.4, -0.2) is 31.2 Å². The average Bonchev–Trinajstić information content (AvgIpc) is 2.18. The highest BCUT2D eigenvalue weighted by Gasteiger charge is 2.29. The number of hydrogen-bond acceptors (Lipinski definition) is 3. The molecule has 1 saturated carbocycles. The molecule has 0 aliphatic heterocycles. The predicted molar refractivity (Wildman–Crippen MR) is 59.5 cm³/mol. The van der Waals surface area contributed by atoms with Gasteiger partial charge in [-0.25, -0.2) is 0 Å². The number of methoxy groups -OCH3 is 1. The van der Waals surface area contributed by atoms with E-state index in [0.29, 0.717) is 0 Å². The fourth-order valence-corrected chi connectivity index (χ4v) is 2.10. The number of amides is 1. The minimum atomic E-state index is -0.547. The fourth-order valence-electron chi connectivity index (χ4n) is 2.10. The van der Waals surface area contributed by atoms with E-state index in [9.17, 15) is 4.79 Å². The van der Waals surface area contributed by atoms with Crippen molar-refractivity contribution in [2.24, 2.45) is 5.73 Å². The van der Waals surface area contributed by atoms with Gasteiger partial charge in [-0.05, 0) is 19.8 Å². The zero-order valence-corrected chi connectivity index (χ0v) is 9.71. The third-order valence-electron chi connectivity index (χ3n) is 3.07. The molecule has 1 unspecified atom stereocenters. The Labute approximate surface area is 91.5 Å². The molecule has 0 heterocycles. The van der Waals surface area contributed by atoms with Crippen LogP contribution in [0.15, 0.2) is 0 Å². The Morgan fingerprint density at radius 1 is 1.47 bits per heavy atom. The van der Waals surface area contributed by atoms with Gasteiger partial charge in [-0.2, -0.15) is 0 Å². The Morgan fingerprint density at radius 2 is 2.07 bits per heavy atom. The highest BCUT2D eigenvalue weighted by Crippen LogP contribution is 2.27. The van der Waals surface area contributed by atoms with Gasteiger partial charge in [0, 0.05) is 12.6 Å². The van der Waals surface area contributed by atoms with Gasteiger partial charge >= 0.3 is 0 Å². The Bertz CT molecular complexity index is 213. The van der Waals surface area contributed by atoms with Gasteiger partial charge in [-0.15, -0.1) is 0 Å². The van der Waals surface area contributed by atoms with Gasteiger partial charge in [-0.1, -0.05) is 19.3 Å². The molecule has 0 aromatic carbocycles. The summed E-state index contributed by atoms with van der Waals surface area (Å²) in [4.78, 5) is 11.7. The Morgan fingerprint density at radius 3 is 2.60 bits per heavy atom. The van der Waals surface area contributed by atoms with E-state index >= 15 is 0 Å². The summed E-state index contributed by atoms with van der Waals surface area (Å²) >= 11 is 0. The van der Waals surface area contributed by atoms with Crippen LogP contribution in [0.2, 0.25) is 0 Å². The van der Waals surface area contributed by atoms with Crippen LogP contribution in [-0.2, 0) is 9.53 Å². The molecule has 1 rings (SSSR count). The van der Waals surface area contributed by atoms with E-state index in [1.54, 1.807) is 7.11 Å². The van der Waals surface area contributed by atoms with Crippen molar-refractivity contribution in [3.05, 3.63) is 0 Å². The molecule has 0 spiro atoms. The SMILES string of the molecule is COCC(N)C(=O)NC1(C)CCCCC1. The molecule has 0 radical (unpaired) electrons. The standard InChI is InChI=1S/C11H22N2O2/c1-11(6-4-3-5-7-11)13-10(14)9(12)8-15-2/h9H,3-8,12H2,1-2H3,(H,13,14). The maximum Gasteiger partial charge on any atom is 0.239 e. The minimum Gasteiger partial charge on any atom is -0.383 e. The van der Waals surface area contributed by atoms with Gasteiger partial charge < -0.3 is 15.8 Å². The first-order chi connectivity index (χ1) is 7.07. The lowest BCUT2D eigenvalue weighted by Crippen LogP contribution is -2.54. The van der Waals surface area contributed by atoms with Crippen molar-refractivity contribution in [2.45, 2.75) is 50.6 Å². The van der Waals surface area contributed by atoms with Crippen LogP contribution in [0.1, 0.15) is 39.0 Å². The molecular weight excluding hydrogens is 192 g/mol. The molecule has 0 aromatic heterocycles. The van der Waals surface area contributed by atoms with Gasteiger partial charge in [0.25, 0.3) is 0 Å². The monoisotopic (exact) mass is 214 g/mol. The van der Waals surface area contributed by atoms with E-state index in [0.717, 1.165) is 12.8 Å². The summed E-state index contributed by atoms with van der Waals surface area (Å²) in [7, 11) is 1.55. The van der Waals surface area contributed by atoms with Crippen LogP contribution in [0.25, 0.3) is 0 Å². The second-order valence-corrected chi connectivity index (χ2v) is 4.67. The summed E-state index contributed by atoms with van der Waals surface area (Å²) in [5.41, 5.74) is 5.61. The molecule has 1 aliphatic rings. The van der Waals surface area contributed by atoms with Gasteiger partial charge in [0.05, 0.1) is 6.61 Å². The van der Waals surface area contributed by atoms with Crippen molar-refractivity contribution in [2.75, 3.05) is 13.7 Å². The van der Waals surface area contributed by atoms with Crippen LogP contribution in [0.3, 0.4) is 0 Å². The molecule has 0 bridgehead atoms. The van der Waals surface area contributed by atoms with Crippen molar-refractivity contribution in [1.82, 2.24) is 5.32 Å². The highest BCUT2D eigenvalue weighted by molar-refractivity contribution is 5.82. The number of carbonyl (C=O) groups excluding carboxylic acids is 1. The van der Waals surface area contributed by atoms with E-state index < -0.39 is 6.04 Å². The summed E-state index contributed by atoms with van der Waals surface area (Å²) in [6, 6.07) is -0.547. The van der Waals surface area contributed by atoms with E-state index in [1.165, 1.54) is 19.3 Å². The van der Waals surface area contributed by atoms with Crippen LogP contribution in [0.5, 0.6) is 0 Å². The summed E-state index contributed by atoms with van der Waals surface area (Å²) < 4.78 is 4.86. The van der Waals surface area contributed by atoms with Crippen molar-refractivity contribution >= 4 is 5.91 Å². The lowest BCUT2D eigenvalue weighted by molar-refractivity contribution is -0.125. The van der Waals surface area contributed by atoms with Gasteiger partial charge in [0.15, 0.2) is 0 Å². The Hall–Kier alpha value is -0.610. The minimum absolute atomic E-state index is 0.0549. The molecule has 88 valence electrons. The quantitative estimate of drug-likeness (QED) is 0.727. The van der Waals surface area contributed by atoms with Gasteiger partial charge in [0.2, 0.25) is 5.91 Å². The van der Waals surface area contributed by atoms with Crippen LogP contribution >= 0.6 is 0 Å². The molecule has 1 fully saturated rings. The first kappa shape index (κ1) is 12.5. The largest absolute Gasteiger partial charge is 0.383 e. The number of rotatable bonds is 4. The predicted octanol–water partition coefficient (Wildman–Crippen LogP) is 0.799. The smallest absolute Gasteiger partial charge is 0.239 e. The van der Waals surface area contributed by atoms with Crippen LogP contribution in [0, 0.1) is 0 Å². The molecule has 0 aromatic rings. The first-order valence-electron chi connectivity index (χ1n) is 5.64. The first-order valence-corrected chi connectivity index (χ1v) is 5.64. The summed E-state index contributed by atoms with van der Waals surface area (Å²) in [6.45, 7) is 2.38. The van der Waals surface area contributed by atoms with Gasteiger partial charge in [-0.3, -0.25) is 4.79 Å². The molecular formula is C11H22N2O2. The van der Waals surface area contributed by atoms with Crippen molar-refractivity contribution in [3.63, 3.8) is 0 Å². The van der Waals surface area contributed by atoms with E-state index in [4.69, 9.17) is 10.5 Å². The number of nitrogens with one attached hydrogen (secondary N) is 1. The Kier molecular flexibility index (Phi) is 4.54. The van der Waals surface area contributed by atoms with Crippen LogP contribution in [0.4, 0.5) is 0 Å². The zero-order valence-electron chi connectivity index (χ0n) is 9.71. The summed E-state index contributed by atoms with van der Waals surface area (Å²) in [6.07, 6.45) is 5.76. The normalized spacial score (nSPS) is 22.1. The lowest BCUT2D eigenvalue weighted by Gasteiger charge is -2.35. The topological polar surface area (TPSA) is 64.3 Å². The Balaban J connectivity index is 2.41. The third kappa shape index (κ3) is 3.80. The molecule has 4 heteroatoms. The molecule has 1 amide bonds. The maximum absolute atomic E-state index is 11.7.